The molecule has 1 fully saturated rings. The van der Waals surface area contributed by atoms with Crippen molar-refractivity contribution in [1.29, 1.82) is 0 Å². The number of cyclic esters (lactones) is 1. The molecule has 1 saturated heterocycles. The van der Waals surface area contributed by atoms with Crippen LogP contribution in [0.15, 0.2) is 6.07 Å². The van der Waals surface area contributed by atoms with E-state index in [1.54, 1.807) is 0 Å². The van der Waals surface area contributed by atoms with Crippen LogP contribution in [0.3, 0.4) is 0 Å². The maximum Gasteiger partial charge on any atom is 0.342 e. The normalized spacial score (nSPS) is 27.0. The Morgan fingerprint density at radius 2 is 1.88 bits per heavy atom. The molecule has 2 bridgehead atoms. The summed E-state index contributed by atoms with van der Waals surface area (Å²) in [5.41, 5.74) is 0.334. The molecule has 1 aromatic carbocycles. The van der Waals surface area contributed by atoms with Gasteiger partial charge >= 0.3 is 5.97 Å². The summed E-state index contributed by atoms with van der Waals surface area (Å²) < 4.78 is 16.7. The minimum absolute atomic E-state index is 0.0289. The SMILES string of the molecule is COc1cc(O)c(Cl)c2c1C(=O)O[C@@H](C)CC[C@H]1CC[C@@H](CC(=O)C2)O1. The number of halogens is 1. The Hall–Kier alpha value is -1.79. The number of carbonyl (C=O) groups excluding carboxylic acids is 2. The van der Waals surface area contributed by atoms with Gasteiger partial charge in [0.2, 0.25) is 0 Å². The van der Waals surface area contributed by atoms with Gasteiger partial charge in [0.25, 0.3) is 0 Å². The van der Waals surface area contributed by atoms with Crippen molar-refractivity contribution in [2.24, 2.45) is 0 Å². The van der Waals surface area contributed by atoms with Crippen LogP contribution in [0.5, 0.6) is 11.5 Å². The standard InChI is InChI=1S/C19H23ClO6/c1-10-3-4-12-5-6-13(26-12)7-11(21)8-14-17(19(23)25-10)16(24-2)9-15(22)18(14)20/h9-10,12-13,22H,3-8H2,1-2H3/t10-,12-,13-/m0/s1. The van der Waals surface area contributed by atoms with Gasteiger partial charge in [-0.25, -0.2) is 4.79 Å². The molecule has 0 unspecified atom stereocenters. The summed E-state index contributed by atoms with van der Waals surface area (Å²) in [4.78, 5) is 25.3. The second-order valence-electron chi connectivity index (χ2n) is 6.94. The summed E-state index contributed by atoms with van der Waals surface area (Å²) in [7, 11) is 1.38. The minimum atomic E-state index is -0.607. The van der Waals surface area contributed by atoms with Crippen molar-refractivity contribution in [1.82, 2.24) is 0 Å². The highest BCUT2D eigenvalue weighted by Crippen LogP contribution is 2.38. The summed E-state index contributed by atoms with van der Waals surface area (Å²) in [6, 6.07) is 1.26. The highest BCUT2D eigenvalue weighted by Gasteiger charge is 2.31. The number of hydrogen-bond donors (Lipinski definition) is 1. The van der Waals surface area contributed by atoms with Crippen molar-refractivity contribution in [3.05, 3.63) is 22.2 Å². The molecule has 0 saturated carbocycles. The first-order valence-electron chi connectivity index (χ1n) is 8.85. The zero-order valence-corrected chi connectivity index (χ0v) is 15.7. The van der Waals surface area contributed by atoms with Gasteiger partial charge in [0.1, 0.15) is 22.8 Å². The van der Waals surface area contributed by atoms with E-state index in [2.05, 4.69) is 0 Å². The molecular weight excluding hydrogens is 360 g/mol. The lowest BCUT2D eigenvalue weighted by Gasteiger charge is -2.19. The van der Waals surface area contributed by atoms with Crippen LogP contribution in [0.25, 0.3) is 0 Å². The van der Waals surface area contributed by atoms with E-state index in [0.717, 1.165) is 19.3 Å². The van der Waals surface area contributed by atoms with E-state index in [9.17, 15) is 14.7 Å². The molecule has 0 spiro atoms. The van der Waals surface area contributed by atoms with Crippen molar-refractivity contribution < 1.29 is 28.9 Å². The summed E-state index contributed by atoms with van der Waals surface area (Å²) in [5, 5.41) is 10.0. The molecule has 2 aliphatic rings. The Bertz CT molecular complexity index is 716. The third kappa shape index (κ3) is 3.96. The Balaban J connectivity index is 2.02. The number of ketones is 1. The molecule has 0 aliphatic carbocycles. The lowest BCUT2D eigenvalue weighted by molar-refractivity contribution is -0.121. The van der Waals surface area contributed by atoms with Crippen LogP contribution in [0.4, 0.5) is 0 Å². The van der Waals surface area contributed by atoms with Crippen LogP contribution in [0.1, 0.15) is 54.9 Å². The van der Waals surface area contributed by atoms with Gasteiger partial charge in [-0.1, -0.05) is 11.6 Å². The lowest BCUT2D eigenvalue weighted by Crippen LogP contribution is -2.19. The van der Waals surface area contributed by atoms with E-state index in [-0.39, 0.29) is 64.6 Å². The van der Waals surface area contributed by atoms with Gasteiger partial charge in [0, 0.05) is 24.5 Å². The Morgan fingerprint density at radius 3 is 2.62 bits per heavy atom. The number of rotatable bonds is 1. The van der Waals surface area contributed by atoms with E-state index in [1.807, 2.05) is 6.92 Å². The van der Waals surface area contributed by atoms with Crippen molar-refractivity contribution in [2.75, 3.05) is 7.11 Å². The number of methoxy groups -OCH3 is 1. The molecule has 7 heteroatoms. The highest BCUT2D eigenvalue weighted by atomic mass is 35.5. The molecule has 6 nitrogen and oxygen atoms in total. The van der Waals surface area contributed by atoms with Gasteiger partial charge in [0.05, 0.1) is 30.4 Å². The third-order valence-electron chi connectivity index (χ3n) is 4.96. The zero-order chi connectivity index (χ0) is 18.8. The molecule has 0 aromatic heterocycles. The number of phenolic OH excluding ortho intramolecular Hbond substituents is 1. The quantitative estimate of drug-likeness (QED) is 0.749. The fraction of sp³-hybridized carbons (Fsp3) is 0.579. The van der Waals surface area contributed by atoms with E-state index in [0.29, 0.717) is 6.42 Å². The number of carbonyl (C=O) groups is 2. The second-order valence-corrected chi connectivity index (χ2v) is 7.31. The maximum atomic E-state index is 12.7. The monoisotopic (exact) mass is 382 g/mol. The first-order chi connectivity index (χ1) is 12.4. The molecule has 142 valence electrons. The van der Waals surface area contributed by atoms with Gasteiger partial charge in [-0.05, 0) is 32.6 Å². The number of benzene rings is 1. The molecular formula is C19H23ClO6. The number of ether oxygens (including phenoxy) is 3. The molecule has 3 atom stereocenters. The van der Waals surface area contributed by atoms with Crippen LogP contribution in [0.2, 0.25) is 5.02 Å². The van der Waals surface area contributed by atoms with E-state index < -0.39 is 5.97 Å². The van der Waals surface area contributed by atoms with Crippen molar-refractivity contribution in [3.63, 3.8) is 0 Å². The first-order valence-corrected chi connectivity index (χ1v) is 9.23. The summed E-state index contributed by atoms with van der Waals surface area (Å²) >= 11 is 6.21. The number of aromatic hydroxyl groups is 1. The summed E-state index contributed by atoms with van der Waals surface area (Å²) in [5.74, 6) is -0.812. The van der Waals surface area contributed by atoms with Crippen molar-refractivity contribution in [2.45, 2.75) is 63.8 Å². The topological polar surface area (TPSA) is 82.1 Å². The summed E-state index contributed by atoms with van der Waals surface area (Å²) in [6.07, 6.45) is 3.04. The van der Waals surface area contributed by atoms with E-state index >= 15 is 0 Å². The van der Waals surface area contributed by atoms with E-state index in [4.69, 9.17) is 25.8 Å². The van der Waals surface area contributed by atoms with Gasteiger partial charge in [-0.2, -0.15) is 0 Å². The predicted octanol–water partition coefficient (Wildman–Crippen LogP) is 3.44. The molecule has 1 aromatic rings. The van der Waals surface area contributed by atoms with Crippen molar-refractivity contribution >= 4 is 23.4 Å². The van der Waals surface area contributed by atoms with Gasteiger partial charge in [-0.3, -0.25) is 4.79 Å². The van der Waals surface area contributed by atoms with Crippen molar-refractivity contribution in [3.8, 4) is 11.5 Å². The van der Waals surface area contributed by atoms with Crippen LogP contribution in [-0.4, -0.2) is 42.3 Å². The zero-order valence-electron chi connectivity index (χ0n) is 14.9. The number of hydrogen-bond acceptors (Lipinski definition) is 6. The number of phenols is 1. The summed E-state index contributed by atoms with van der Waals surface area (Å²) in [6.45, 7) is 1.82. The predicted molar refractivity (Wildman–Crippen MR) is 95.0 cm³/mol. The lowest BCUT2D eigenvalue weighted by atomic mass is 9.97. The fourth-order valence-corrected chi connectivity index (χ4v) is 3.83. The maximum absolute atomic E-state index is 12.7. The van der Waals surface area contributed by atoms with Crippen LogP contribution in [-0.2, 0) is 20.7 Å². The molecule has 2 heterocycles. The second kappa shape index (κ2) is 7.84. The molecule has 2 aliphatic heterocycles. The fourth-order valence-electron chi connectivity index (χ4n) is 3.61. The Morgan fingerprint density at radius 1 is 1.19 bits per heavy atom. The molecule has 3 rings (SSSR count). The highest BCUT2D eigenvalue weighted by molar-refractivity contribution is 6.33. The minimum Gasteiger partial charge on any atom is -0.506 e. The number of esters is 1. The number of Topliss-reactive ketones (excluding diaryl/α,β-unsaturated/α-hetero) is 1. The van der Waals surface area contributed by atoms with Crippen LogP contribution < -0.4 is 4.74 Å². The molecule has 1 N–H and O–H groups in total. The van der Waals surface area contributed by atoms with Gasteiger partial charge in [-0.15, -0.1) is 0 Å². The Labute approximate surface area is 157 Å². The first kappa shape index (κ1) is 19.0. The largest absolute Gasteiger partial charge is 0.506 e. The molecule has 0 radical (unpaired) electrons. The van der Waals surface area contributed by atoms with Gasteiger partial charge in [0.15, 0.2) is 0 Å². The average Bonchev–Trinajstić information content (AvgIpc) is 3.03. The third-order valence-corrected chi connectivity index (χ3v) is 5.38. The molecule has 26 heavy (non-hydrogen) atoms. The average molecular weight is 383 g/mol. The van der Waals surface area contributed by atoms with E-state index in [1.165, 1.54) is 13.2 Å². The number of fused-ring (bicyclic) bond motifs is 3. The molecule has 0 amide bonds. The Kier molecular flexibility index (Phi) is 5.73. The van der Waals surface area contributed by atoms with Crippen LogP contribution >= 0.6 is 11.6 Å². The van der Waals surface area contributed by atoms with Gasteiger partial charge < -0.3 is 19.3 Å². The smallest absolute Gasteiger partial charge is 0.342 e. The van der Waals surface area contributed by atoms with Crippen LogP contribution in [0, 0.1) is 0 Å².